The van der Waals surface area contributed by atoms with Crippen LogP contribution in [0.2, 0.25) is 0 Å². The van der Waals surface area contributed by atoms with Gasteiger partial charge in [0, 0.05) is 50.5 Å². The molecule has 0 atom stereocenters. The van der Waals surface area contributed by atoms with E-state index >= 15 is 0 Å². The molecule has 0 aromatic carbocycles. The molecule has 1 rings (SSSR count). The van der Waals surface area contributed by atoms with E-state index in [1.54, 1.807) is 6.20 Å². The maximum atomic E-state index is 8.80. The third-order valence-electron chi connectivity index (χ3n) is 2.98. The number of pyridine rings is 1. The minimum Gasteiger partial charge on any atom is -0.308 e. The Hall–Kier alpha value is -1.70. The van der Waals surface area contributed by atoms with E-state index in [0.29, 0.717) is 6.42 Å². The molecule has 1 aromatic heterocycles. The van der Waals surface area contributed by atoms with E-state index in [-0.39, 0.29) is 5.54 Å². The summed E-state index contributed by atoms with van der Waals surface area (Å²) in [5.74, 6) is 0. The van der Waals surface area contributed by atoms with E-state index in [2.05, 4.69) is 54.7 Å². The zero-order valence-electron chi connectivity index (χ0n) is 13.4. The van der Waals surface area contributed by atoms with Gasteiger partial charge in [-0.25, -0.2) is 0 Å². The van der Waals surface area contributed by atoms with Crippen LogP contribution < -0.4 is 5.32 Å². The fourth-order valence-electron chi connectivity index (χ4n) is 1.93. The monoisotopic (exact) mass is 286 g/mol. The van der Waals surface area contributed by atoms with Crippen molar-refractivity contribution in [1.82, 2.24) is 15.2 Å². The van der Waals surface area contributed by atoms with Gasteiger partial charge in [0.15, 0.2) is 0 Å². The minimum atomic E-state index is 0.0871. The molecule has 0 saturated heterocycles. The summed E-state index contributed by atoms with van der Waals surface area (Å²) in [5.41, 5.74) is 2.38. The number of aromatic nitrogens is 1. The van der Waals surface area contributed by atoms with Gasteiger partial charge in [-0.15, -0.1) is 0 Å². The van der Waals surface area contributed by atoms with Crippen LogP contribution in [0, 0.1) is 11.3 Å². The van der Waals surface area contributed by atoms with E-state index < -0.39 is 0 Å². The van der Waals surface area contributed by atoms with Crippen LogP contribution in [0.1, 0.15) is 32.8 Å². The maximum absolute atomic E-state index is 8.80. The second-order valence-electron chi connectivity index (χ2n) is 6.33. The molecule has 1 N–H and O–H groups in total. The Morgan fingerprint density at radius 1 is 1.48 bits per heavy atom. The minimum absolute atomic E-state index is 0.0871. The van der Waals surface area contributed by atoms with Gasteiger partial charge in [-0.2, -0.15) is 5.26 Å². The lowest BCUT2D eigenvalue weighted by molar-refractivity contribution is 0.290. The van der Waals surface area contributed by atoms with Crippen molar-refractivity contribution in [3.8, 4) is 6.07 Å². The zero-order chi connectivity index (χ0) is 15.7. The molecule has 4 nitrogen and oxygen atoms in total. The van der Waals surface area contributed by atoms with Crippen LogP contribution in [-0.4, -0.2) is 35.1 Å². The lowest BCUT2D eigenvalue weighted by Crippen LogP contribution is -2.38. The Balaban J connectivity index is 2.53. The fraction of sp³-hybridized carbons (Fsp3) is 0.529. The van der Waals surface area contributed by atoms with Gasteiger partial charge >= 0.3 is 0 Å². The first kappa shape index (κ1) is 17.4. The molecule has 0 bridgehead atoms. The number of nitriles is 1. The van der Waals surface area contributed by atoms with Crippen molar-refractivity contribution in [2.45, 2.75) is 39.3 Å². The van der Waals surface area contributed by atoms with Gasteiger partial charge in [0.25, 0.3) is 0 Å². The molecule has 0 aliphatic carbocycles. The third-order valence-corrected chi connectivity index (χ3v) is 2.98. The van der Waals surface area contributed by atoms with Crippen molar-refractivity contribution in [2.24, 2.45) is 0 Å². The van der Waals surface area contributed by atoms with Crippen molar-refractivity contribution < 1.29 is 0 Å². The van der Waals surface area contributed by atoms with Crippen LogP contribution in [0.5, 0.6) is 0 Å². The summed E-state index contributed by atoms with van der Waals surface area (Å²) in [6.07, 6.45) is 4.17. The van der Waals surface area contributed by atoms with Crippen LogP contribution in [0.25, 0.3) is 0 Å². The standard InChI is InChI=1S/C17H26N4/c1-15(11-20-17(2,3)4)13-21(10-6-8-18)14-16-7-5-9-19-12-16/h5,7,9,12,20H,1,6,10-11,13-14H2,2-4H3. The van der Waals surface area contributed by atoms with Gasteiger partial charge in [0.05, 0.1) is 6.07 Å². The van der Waals surface area contributed by atoms with Crippen molar-refractivity contribution in [1.29, 1.82) is 5.26 Å². The van der Waals surface area contributed by atoms with Gasteiger partial charge in [0.1, 0.15) is 0 Å². The smallest absolute Gasteiger partial charge is 0.0635 e. The zero-order valence-corrected chi connectivity index (χ0v) is 13.4. The molecule has 4 heteroatoms. The molecule has 0 spiro atoms. The second-order valence-corrected chi connectivity index (χ2v) is 6.33. The van der Waals surface area contributed by atoms with Crippen LogP contribution >= 0.6 is 0 Å². The number of rotatable bonds is 8. The third kappa shape index (κ3) is 8.23. The first-order valence-corrected chi connectivity index (χ1v) is 7.30. The molecule has 0 radical (unpaired) electrons. The van der Waals surface area contributed by atoms with Gasteiger partial charge < -0.3 is 5.32 Å². The summed E-state index contributed by atoms with van der Waals surface area (Å²) < 4.78 is 0. The molecular weight excluding hydrogens is 260 g/mol. The van der Waals surface area contributed by atoms with E-state index in [1.807, 2.05) is 12.3 Å². The lowest BCUT2D eigenvalue weighted by atomic mass is 10.1. The van der Waals surface area contributed by atoms with Crippen molar-refractivity contribution in [3.63, 3.8) is 0 Å². The van der Waals surface area contributed by atoms with Crippen LogP contribution in [0.3, 0.4) is 0 Å². The second kappa shape index (κ2) is 8.56. The maximum Gasteiger partial charge on any atom is 0.0635 e. The molecular formula is C17H26N4. The van der Waals surface area contributed by atoms with Crippen LogP contribution in [0.15, 0.2) is 36.7 Å². The first-order chi connectivity index (χ1) is 9.90. The molecule has 0 saturated carbocycles. The number of hydrogen-bond donors (Lipinski definition) is 1. The molecule has 1 heterocycles. The van der Waals surface area contributed by atoms with E-state index in [1.165, 1.54) is 0 Å². The largest absolute Gasteiger partial charge is 0.308 e. The first-order valence-electron chi connectivity index (χ1n) is 7.30. The van der Waals surface area contributed by atoms with E-state index in [0.717, 1.165) is 37.3 Å². The summed E-state index contributed by atoms with van der Waals surface area (Å²) in [6.45, 7) is 13.7. The van der Waals surface area contributed by atoms with Gasteiger partial charge in [-0.05, 0) is 38.0 Å². The molecule has 114 valence electrons. The summed E-state index contributed by atoms with van der Waals surface area (Å²) in [5, 5.41) is 12.2. The average molecular weight is 286 g/mol. The summed E-state index contributed by atoms with van der Waals surface area (Å²) in [6, 6.07) is 6.21. The summed E-state index contributed by atoms with van der Waals surface area (Å²) in [7, 11) is 0. The van der Waals surface area contributed by atoms with Crippen molar-refractivity contribution in [2.75, 3.05) is 19.6 Å². The lowest BCUT2D eigenvalue weighted by Gasteiger charge is -2.25. The van der Waals surface area contributed by atoms with Gasteiger partial charge in [-0.3, -0.25) is 9.88 Å². The molecule has 0 unspecified atom stereocenters. The van der Waals surface area contributed by atoms with Crippen LogP contribution in [0.4, 0.5) is 0 Å². The highest BCUT2D eigenvalue weighted by Gasteiger charge is 2.11. The molecule has 0 fully saturated rings. The Morgan fingerprint density at radius 2 is 2.24 bits per heavy atom. The highest BCUT2D eigenvalue weighted by atomic mass is 15.1. The quantitative estimate of drug-likeness (QED) is 0.747. The molecule has 21 heavy (non-hydrogen) atoms. The van der Waals surface area contributed by atoms with Crippen molar-refractivity contribution in [3.05, 3.63) is 42.2 Å². The number of nitrogens with zero attached hydrogens (tertiary/aromatic N) is 3. The number of hydrogen-bond acceptors (Lipinski definition) is 4. The van der Waals surface area contributed by atoms with Crippen molar-refractivity contribution >= 4 is 0 Å². The molecule has 0 aliphatic rings. The summed E-state index contributed by atoms with van der Waals surface area (Å²) >= 11 is 0. The highest BCUT2D eigenvalue weighted by molar-refractivity contribution is 5.09. The predicted octanol–water partition coefficient (Wildman–Crippen LogP) is 2.74. The topological polar surface area (TPSA) is 52.0 Å². The Kier molecular flexibility index (Phi) is 7.07. The molecule has 0 amide bonds. The predicted molar refractivity (Wildman–Crippen MR) is 86.6 cm³/mol. The Labute approximate surface area is 128 Å². The Morgan fingerprint density at radius 3 is 2.81 bits per heavy atom. The number of nitrogens with one attached hydrogen (secondary N) is 1. The molecule has 1 aromatic rings. The highest BCUT2D eigenvalue weighted by Crippen LogP contribution is 2.07. The van der Waals surface area contributed by atoms with E-state index in [4.69, 9.17) is 5.26 Å². The Bertz CT molecular complexity index is 468. The normalized spacial score (nSPS) is 11.4. The van der Waals surface area contributed by atoms with Crippen LogP contribution in [-0.2, 0) is 6.54 Å². The average Bonchev–Trinajstić information content (AvgIpc) is 2.43. The molecule has 0 aliphatic heterocycles. The summed E-state index contributed by atoms with van der Waals surface area (Å²) in [4.78, 5) is 6.38. The fourth-order valence-corrected chi connectivity index (χ4v) is 1.93. The SMILES string of the molecule is C=C(CNC(C)(C)C)CN(CCC#N)Cc1cccnc1. The van der Waals surface area contributed by atoms with E-state index in [9.17, 15) is 0 Å². The van der Waals surface area contributed by atoms with Gasteiger partial charge in [-0.1, -0.05) is 12.6 Å². The van der Waals surface area contributed by atoms with Gasteiger partial charge in [0.2, 0.25) is 0 Å².